The van der Waals surface area contributed by atoms with Gasteiger partial charge in [-0.3, -0.25) is 9.59 Å². The third-order valence-electron chi connectivity index (χ3n) is 3.79. The Balaban J connectivity index is 2.16. The van der Waals surface area contributed by atoms with E-state index in [1.807, 2.05) is 19.0 Å². The molecule has 2 aromatic rings. The van der Waals surface area contributed by atoms with Crippen molar-refractivity contribution in [2.24, 2.45) is 0 Å². The molecule has 0 aliphatic carbocycles. The highest BCUT2D eigenvalue weighted by atomic mass is 19.1. The minimum Gasteiger partial charge on any atom is -0.459 e. The Morgan fingerprint density at radius 2 is 1.68 bits per heavy atom. The Labute approximate surface area is 164 Å². The number of amides is 1. The number of hydrogen-bond acceptors (Lipinski definition) is 5. The maximum atomic E-state index is 13.1. The third kappa shape index (κ3) is 6.49. The van der Waals surface area contributed by atoms with E-state index in [1.165, 1.54) is 17.0 Å². The van der Waals surface area contributed by atoms with Crippen molar-refractivity contribution in [3.05, 3.63) is 48.0 Å². The van der Waals surface area contributed by atoms with Crippen molar-refractivity contribution in [2.45, 2.75) is 26.4 Å². The molecule has 0 N–H and O–H groups in total. The standard InChI is InChI=1S/C21H27FN2O4/c1-21(2,3)28-19(25)14-24(13-12-23(4)5)20(26)18-11-10-17(27-18)15-6-8-16(22)9-7-15/h6-11H,12-14H2,1-5H3. The molecule has 0 fully saturated rings. The number of esters is 1. The molecule has 0 saturated carbocycles. The van der Waals surface area contributed by atoms with Crippen LogP contribution in [0.5, 0.6) is 0 Å². The summed E-state index contributed by atoms with van der Waals surface area (Å²) in [6, 6.07) is 9.01. The first kappa shape index (κ1) is 21.6. The molecule has 0 aliphatic heterocycles. The first-order chi connectivity index (χ1) is 13.0. The van der Waals surface area contributed by atoms with Crippen molar-refractivity contribution >= 4 is 11.9 Å². The quantitative estimate of drug-likeness (QED) is 0.678. The first-order valence-corrected chi connectivity index (χ1v) is 9.07. The van der Waals surface area contributed by atoms with Gasteiger partial charge in [0.25, 0.3) is 5.91 Å². The highest BCUT2D eigenvalue weighted by molar-refractivity contribution is 5.94. The van der Waals surface area contributed by atoms with E-state index in [4.69, 9.17) is 9.15 Å². The number of furan rings is 1. The van der Waals surface area contributed by atoms with E-state index in [9.17, 15) is 14.0 Å². The number of nitrogens with zero attached hydrogens (tertiary/aromatic N) is 2. The molecule has 0 saturated heterocycles. The zero-order valence-corrected chi connectivity index (χ0v) is 17.0. The average molecular weight is 390 g/mol. The molecule has 0 spiro atoms. The van der Waals surface area contributed by atoms with Gasteiger partial charge in [-0.2, -0.15) is 0 Å². The van der Waals surface area contributed by atoms with Gasteiger partial charge in [-0.15, -0.1) is 0 Å². The first-order valence-electron chi connectivity index (χ1n) is 9.07. The summed E-state index contributed by atoms with van der Waals surface area (Å²) in [5, 5.41) is 0. The zero-order chi connectivity index (χ0) is 20.9. The summed E-state index contributed by atoms with van der Waals surface area (Å²) in [6.45, 7) is 6.09. The molecule has 0 aliphatic rings. The van der Waals surface area contributed by atoms with Gasteiger partial charge in [-0.25, -0.2) is 4.39 Å². The highest BCUT2D eigenvalue weighted by Gasteiger charge is 2.25. The molecule has 28 heavy (non-hydrogen) atoms. The predicted octanol–water partition coefficient (Wildman–Crippen LogP) is 3.43. The van der Waals surface area contributed by atoms with Gasteiger partial charge in [0.15, 0.2) is 5.76 Å². The van der Waals surface area contributed by atoms with Crippen molar-refractivity contribution in [3.63, 3.8) is 0 Å². The maximum absolute atomic E-state index is 13.1. The molecule has 6 nitrogen and oxygen atoms in total. The number of rotatable bonds is 7. The maximum Gasteiger partial charge on any atom is 0.326 e. The predicted molar refractivity (Wildman–Crippen MR) is 104 cm³/mol. The number of halogens is 1. The molecule has 1 heterocycles. The van der Waals surface area contributed by atoms with Crippen LogP contribution in [0.4, 0.5) is 4.39 Å². The van der Waals surface area contributed by atoms with Gasteiger partial charge in [0.2, 0.25) is 0 Å². The third-order valence-corrected chi connectivity index (χ3v) is 3.79. The van der Waals surface area contributed by atoms with Crippen molar-refractivity contribution < 1.29 is 23.1 Å². The topological polar surface area (TPSA) is 63.0 Å². The molecule has 0 atom stereocenters. The number of carbonyl (C=O) groups excluding carboxylic acids is 2. The Hall–Kier alpha value is -2.67. The second-order valence-corrected chi connectivity index (χ2v) is 7.79. The number of likely N-dealkylation sites (N-methyl/N-ethyl adjacent to an activating group) is 1. The fraction of sp³-hybridized carbons (Fsp3) is 0.429. The molecule has 1 aromatic heterocycles. The van der Waals surface area contributed by atoms with E-state index >= 15 is 0 Å². The summed E-state index contributed by atoms with van der Waals surface area (Å²) < 4.78 is 24.1. The van der Waals surface area contributed by atoms with Gasteiger partial charge >= 0.3 is 5.97 Å². The molecule has 152 valence electrons. The summed E-state index contributed by atoms with van der Waals surface area (Å²) in [7, 11) is 3.77. The monoisotopic (exact) mass is 390 g/mol. The van der Waals surface area contributed by atoms with Crippen LogP contribution >= 0.6 is 0 Å². The van der Waals surface area contributed by atoms with Crippen LogP contribution in [0.15, 0.2) is 40.8 Å². The van der Waals surface area contributed by atoms with E-state index in [-0.39, 0.29) is 18.1 Å². The van der Waals surface area contributed by atoms with Crippen molar-refractivity contribution in [3.8, 4) is 11.3 Å². The minimum absolute atomic E-state index is 0.113. The summed E-state index contributed by atoms with van der Waals surface area (Å²) in [5.41, 5.74) is 0.0285. The lowest BCUT2D eigenvalue weighted by molar-refractivity contribution is -0.155. The second-order valence-electron chi connectivity index (χ2n) is 7.79. The molecule has 2 rings (SSSR count). The summed E-state index contributed by atoms with van der Waals surface area (Å²) in [4.78, 5) is 28.4. The van der Waals surface area contributed by atoms with Gasteiger partial charge in [0.1, 0.15) is 23.7 Å². The van der Waals surface area contributed by atoms with Crippen LogP contribution in [0.3, 0.4) is 0 Å². The van der Waals surface area contributed by atoms with Gasteiger partial charge in [-0.05, 0) is 71.3 Å². The molecular formula is C21H27FN2O4. The van der Waals surface area contributed by atoms with E-state index in [1.54, 1.807) is 45.0 Å². The number of benzene rings is 1. The average Bonchev–Trinajstić information content (AvgIpc) is 3.07. The van der Waals surface area contributed by atoms with Crippen molar-refractivity contribution in [1.82, 2.24) is 9.80 Å². The van der Waals surface area contributed by atoms with Gasteiger partial charge in [-0.1, -0.05) is 0 Å². The zero-order valence-electron chi connectivity index (χ0n) is 17.0. The normalized spacial score (nSPS) is 11.5. The van der Waals surface area contributed by atoms with Gasteiger partial charge < -0.3 is 19.0 Å². The van der Waals surface area contributed by atoms with Crippen LogP contribution in [0, 0.1) is 5.82 Å². The lowest BCUT2D eigenvalue weighted by Gasteiger charge is -2.25. The Morgan fingerprint density at radius 3 is 2.25 bits per heavy atom. The lowest BCUT2D eigenvalue weighted by Crippen LogP contribution is -2.41. The molecular weight excluding hydrogens is 363 g/mol. The Morgan fingerprint density at radius 1 is 1.04 bits per heavy atom. The molecule has 0 bridgehead atoms. The molecule has 0 radical (unpaired) electrons. The minimum atomic E-state index is -0.631. The summed E-state index contributed by atoms with van der Waals surface area (Å²) in [5.74, 6) is -0.667. The number of ether oxygens (including phenoxy) is 1. The summed E-state index contributed by atoms with van der Waals surface area (Å²) >= 11 is 0. The van der Waals surface area contributed by atoms with Crippen molar-refractivity contribution in [2.75, 3.05) is 33.7 Å². The number of hydrogen-bond donors (Lipinski definition) is 0. The van der Waals surface area contributed by atoms with Crippen LogP contribution in [-0.4, -0.2) is 61.0 Å². The van der Waals surface area contributed by atoms with Crippen molar-refractivity contribution in [1.29, 1.82) is 0 Å². The molecule has 1 aromatic carbocycles. The van der Waals surface area contributed by atoms with Crippen LogP contribution in [0.1, 0.15) is 31.3 Å². The van der Waals surface area contributed by atoms with Crippen LogP contribution in [-0.2, 0) is 9.53 Å². The van der Waals surface area contributed by atoms with E-state index < -0.39 is 17.5 Å². The van der Waals surface area contributed by atoms with E-state index in [0.29, 0.717) is 24.4 Å². The van der Waals surface area contributed by atoms with E-state index in [0.717, 1.165) is 0 Å². The Kier molecular flexibility index (Phi) is 6.96. The fourth-order valence-corrected chi connectivity index (χ4v) is 2.48. The highest BCUT2D eigenvalue weighted by Crippen LogP contribution is 2.23. The molecule has 1 amide bonds. The molecule has 0 unspecified atom stereocenters. The van der Waals surface area contributed by atoms with Crippen LogP contribution < -0.4 is 0 Å². The lowest BCUT2D eigenvalue weighted by atomic mass is 10.2. The van der Waals surface area contributed by atoms with E-state index in [2.05, 4.69) is 0 Å². The Bertz CT molecular complexity index is 807. The largest absolute Gasteiger partial charge is 0.459 e. The smallest absolute Gasteiger partial charge is 0.326 e. The molecule has 7 heteroatoms. The summed E-state index contributed by atoms with van der Waals surface area (Å²) in [6.07, 6.45) is 0. The fourth-order valence-electron chi connectivity index (χ4n) is 2.48. The SMILES string of the molecule is CN(C)CCN(CC(=O)OC(C)(C)C)C(=O)c1ccc(-c2ccc(F)cc2)o1. The van der Waals surface area contributed by atoms with Crippen LogP contribution in [0.25, 0.3) is 11.3 Å². The second kappa shape index (κ2) is 9.01. The van der Waals surface area contributed by atoms with Gasteiger partial charge in [0, 0.05) is 18.7 Å². The number of carbonyl (C=O) groups is 2. The van der Waals surface area contributed by atoms with Crippen LogP contribution in [0.2, 0.25) is 0 Å². The van der Waals surface area contributed by atoms with Gasteiger partial charge in [0.05, 0.1) is 0 Å².